The van der Waals surface area contributed by atoms with E-state index in [0.717, 1.165) is 12.5 Å². The molecule has 16 heteroatoms. The van der Waals surface area contributed by atoms with Gasteiger partial charge in [0.1, 0.15) is 27.9 Å². The highest BCUT2D eigenvalue weighted by Crippen LogP contribution is 2.36. The Hall–Kier alpha value is -4.70. The normalized spacial score (nSPS) is 14.2. The Labute approximate surface area is 292 Å². The molecule has 50 heavy (non-hydrogen) atoms. The lowest BCUT2D eigenvalue weighted by atomic mass is 10.1. The summed E-state index contributed by atoms with van der Waals surface area (Å²) in [5.74, 6) is 0.933. The van der Waals surface area contributed by atoms with Crippen molar-refractivity contribution in [3.05, 3.63) is 59.8 Å². The summed E-state index contributed by atoms with van der Waals surface area (Å²) in [5.41, 5.74) is 1.54. The van der Waals surface area contributed by atoms with Gasteiger partial charge in [-0.05, 0) is 63.1 Å². The molecule has 3 heterocycles. The fraction of sp³-hybridized carbons (Fsp3) is 0.412. The summed E-state index contributed by atoms with van der Waals surface area (Å²) in [6.45, 7) is 10.3. The Balaban J connectivity index is 1.77. The SMILES string of the molecule is COc1ccc(-c2c(C)nn3c(N(Cc4cccc(S(C)(=O)=O)c4)C(=O)OC(C)(C)C)cc(N4CCN(C(C)=O)CC4)nc23)cc1S(C)(=O)=O. The first-order valence-electron chi connectivity index (χ1n) is 15.9. The number of carbonyl (C=O) groups excluding carboxylic acids is 2. The third kappa shape index (κ3) is 7.86. The minimum atomic E-state index is -3.69. The van der Waals surface area contributed by atoms with Crippen molar-refractivity contribution in [3.63, 3.8) is 0 Å². The number of hydrogen-bond donors (Lipinski definition) is 0. The number of aryl methyl sites for hydroxylation is 1. The van der Waals surface area contributed by atoms with Crippen LogP contribution in [0.3, 0.4) is 0 Å². The topological polar surface area (TPSA) is 161 Å². The lowest BCUT2D eigenvalue weighted by molar-refractivity contribution is -0.129. The molecule has 268 valence electrons. The van der Waals surface area contributed by atoms with E-state index < -0.39 is 31.4 Å². The van der Waals surface area contributed by atoms with Crippen LogP contribution < -0.4 is 14.5 Å². The molecule has 2 aromatic carbocycles. The van der Waals surface area contributed by atoms with E-state index in [9.17, 15) is 26.4 Å². The molecule has 0 aliphatic carbocycles. The van der Waals surface area contributed by atoms with Crippen molar-refractivity contribution < 1.29 is 35.9 Å². The van der Waals surface area contributed by atoms with Gasteiger partial charge in [-0.25, -0.2) is 26.6 Å². The number of sulfone groups is 2. The third-order valence-corrected chi connectivity index (χ3v) is 10.4. The molecule has 2 aromatic heterocycles. The molecule has 0 unspecified atom stereocenters. The van der Waals surface area contributed by atoms with Crippen molar-refractivity contribution >= 4 is 49.0 Å². The summed E-state index contributed by atoms with van der Waals surface area (Å²) in [4.78, 5) is 36.4. The second-order valence-corrected chi connectivity index (χ2v) is 17.3. The molecule has 2 amide bonds. The van der Waals surface area contributed by atoms with E-state index in [0.29, 0.717) is 60.0 Å². The van der Waals surface area contributed by atoms with Gasteiger partial charge in [-0.3, -0.25) is 9.69 Å². The van der Waals surface area contributed by atoms with Crippen LogP contribution in [-0.2, 0) is 35.8 Å². The Morgan fingerprint density at radius 2 is 1.62 bits per heavy atom. The van der Waals surface area contributed by atoms with Crippen molar-refractivity contribution in [1.29, 1.82) is 0 Å². The van der Waals surface area contributed by atoms with E-state index in [1.54, 1.807) is 62.9 Å². The van der Waals surface area contributed by atoms with Gasteiger partial charge in [0.05, 0.1) is 24.2 Å². The maximum absolute atomic E-state index is 14.1. The van der Waals surface area contributed by atoms with Gasteiger partial charge in [0.15, 0.2) is 25.3 Å². The number of rotatable bonds is 8. The first-order chi connectivity index (χ1) is 23.3. The Morgan fingerprint density at radius 3 is 2.20 bits per heavy atom. The number of methoxy groups -OCH3 is 1. The molecule has 0 bridgehead atoms. The molecule has 0 spiro atoms. The van der Waals surface area contributed by atoms with Crippen LogP contribution in [-0.4, -0.2) is 99.7 Å². The molecule has 0 atom stereocenters. The van der Waals surface area contributed by atoms with Crippen LogP contribution in [0.2, 0.25) is 0 Å². The highest BCUT2D eigenvalue weighted by Gasteiger charge is 2.30. The quantitative estimate of drug-likeness (QED) is 0.257. The molecular formula is C34H42N6O8S2. The number of piperazine rings is 1. The van der Waals surface area contributed by atoms with Gasteiger partial charge in [0.2, 0.25) is 5.91 Å². The van der Waals surface area contributed by atoms with Crippen molar-refractivity contribution in [2.45, 2.75) is 56.6 Å². The van der Waals surface area contributed by atoms with Crippen molar-refractivity contribution in [1.82, 2.24) is 19.5 Å². The number of benzene rings is 2. The largest absolute Gasteiger partial charge is 0.495 e. The average molecular weight is 727 g/mol. The number of ether oxygens (including phenoxy) is 2. The second kappa shape index (κ2) is 13.5. The first kappa shape index (κ1) is 36.6. The number of fused-ring (bicyclic) bond motifs is 1. The fourth-order valence-corrected chi connectivity index (χ4v) is 7.32. The smallest absolute Gasteiger partial charge is 0.416 e. The fourth-order valence-electron chi connectivity index (χ4n) is 5.77. The van der Waals surface area contributed by atoms with E-state index in [1.807, 2.05) is 4.90 Å². The predicted molar refractivity (Wildman–Crippen MR) is 189 cm³/mol. The minimum Gasteiger partial charge on any atom is -0.495 e. The summed E-state index contributed by atoms with van der Waals surface area (Å²) < 4.78 is 63.1. The zero-order valence-electron chi connectivity index (χ0n) is 29.4. The van der Waals surface area contributed by atoms with Crippen LogP contribution in [0.15, 0.2) is 58.3 Å². The summed E-state index contributed by atoms with van der Waals surface area (Å²) in [7, 11) is -5.83. The summed E-state index contributed by atoms with van der Waals surface area (Å²) >= 11 is 0. The van der Waals surface area contributed by atoms with Gasteiger partial charge < -0.3 is 19.3 Å². The highest BCUT2D eigenvalue weighted by molar-refractivity contribution is 7.91. The van der Waals surface area contributed by atoms with Gasteiger partial charge >= 0.3 is 6.09 Å². The van der Waals surface area contributed by atoms with Gasteiger partial charge in [-0.1, -0.05) is 18.2 Å². The van der Waals surface area contributed by atoms with Gasteiger partial charge in [0, 0.05) is 57.2 Å². The number of aromatic nitrogens is 3. The number of anilines is 2. The average Bonchev–Trinajstić information content (AvgIpc) is 3.37. The van der Waals surface area contributed by atoms with Crippen LogP contribution in [0.1, 0.15) is 39.0 Å². The Kier molecular flexibility index (Phi) is 9.91. The van der Waals surface area contributed by atoms with E-state index >= 15 is 0 Å². The van der Waals surface area contributed by atoms with Crippen LogP contribution in [0.25, 0.3) is 16.8 Å². The molecule has 1 saturated heterocycles. The minimum absolute atomic E-state index is 0.00544. The maximum atomic E-state index is 14.1. The van der Waals surface area contributed by atoms with Crippen LogP contribution in [0.4, 0.5) is 16.4 Å². The summed E-state index contributed by atoms with van der Waals surface area (Å²) in [6, 6.07) is 12.9. The monoisotopic (exact) mass is 726 g/mol. The molecule has 14 nitrogen and oxygen atoms in total. The van der Waals surface area contributed by atoms with E-state index in [1.165, 1.54) is 41.6 Å². The molecule has 1 fully saturated rings. The van der Waals surface area contributed by atoms with E-state index in [-0.39, 0.29) is 33.8 Å². The lowest BCUT2D eigenvalue weighted by Gasteiger charge is -2.35. The first-order valence-corrected chi connectivity index (χ1v) is 19.6. The second-order valence-electron chi connectivity index (χ2n) is 13.3. The molecule has 0 saturated carbocycles. The number of nitrogens with zero attached hydrogens (tertiary/aromatic N) is 6. The molecule has 5 rings (SSSR count). The number of amides is 2. The zero-order valence-corrected chi connectivity index (χ0v) is 31.1. The third-order valence-electron chi connectivity index (χ3n) is 8.19. The molecule has 4 aromatic rings. The lowest BCUT2D eigenvalue weighted by Crippen LogP contribution is -2.48. The molecule has 1 aliphatic rings. The summed E-state index contributed by atoms with van der Waals surface area (Å²) in [6.07, 6.45) is 1.51. The van der Waals surface area contributed by atoms with Crippen molar-refractivity contribution in [2.24, 2.45) is 0 Å². The standard InChI is InChI=1S/C34H42N6O8S2/c1-22-31(25-12-13-27(47-6)28(19-25)50(8,45)46)32-35-29(38-16-14-37(15-17-38)23(2)41)20-30(40(32)36-22)39(33(42)48-34(3,4)5)21-24-10-9-11-26(18-24)49(7,43)44/h9-13,18-20H,14-17,21H2,1-8H3. The van der Waals surface area contributed by atoms with Gasteiger partial charge in [0.25, 0.3) is 0 Å². The zero-order chi connectivity index (χ0) is 36.8. The van der Waals surface area contributed by atoms with E-state index in [2.05, 4.69) is 0 Å². The van der Waals surface area contributed by atoms with Crippen LogP contribution >= 0.6 is 0 Å². The van der Waals surface area contributed by atoms with Crippen molar-refractivity contribution in [2.75, 3.05) is 55.6 Å². The van der Waals surface area contributed by atoms with Gasteiger partial charge in [-0.2, -0.15) is 9.61 Å². The molecule has 0 radical (unpaired) electrons. The predicted octanol–water partition coefficient (Wildman–Crippen LogP) is 4.13. The molecule has 0 N–H and O–H groups in total. The maximum Gasteiger partial charge on any atom is 0.416 e. The van der Waals surface area contributed by atoms with Crippen LogP contribution in [0, 0.1) is 6.92 Å². The molecular weight excluding hydrogens is 685 g/mol. The van der Waals surface area contributed by atoms with Crippen LogP contribution in [0.5, 0.6) is 5.75 Å². The molecule has 1 aliphatic heterocycles. The van der Waals surface area contributed by atoms with Crippen molar-refractivity contribution in [3.8, 4) is 16.9 Å². The number of carbonyl (C=O) groups is 2. The highest BCUT2D eigenvalue weighted by atomic mass is 32.2. The number of hydrogen-bond acceptors (Lipinski definition) is 11. The Bertz CT molecular complexity index is 2180. The van der Waals surface area contributed by atoms with E-state index in [4.69, 9.17) is 19.6 Å². The summed E-state index contributed by atoms with van der Waals surface area (Å²) in [5, 5.41) is 4.80. The Morgan fingerprint density at radius 1 is 0.940 bits per heavy atom. The van der Waals surface area contributed by atoms with Gasteiger partial charge in [-0.15, -0.1) is 0 Å².